The zero-order valence-corrected chi connectivity index (χ0v) is 20.0. The van der Waals surface area contributed by atoms with Crippen LogP contribution in [0.1, 0.15) is 43.3 Å². The Kier molecular flexibility index (Phi) is 9.93. The Labute approximate surface area is 192 Å². The SMILES string of the molecule is CCNC(=NCCc1nc(C(F)(F)F)cs1)N1CCC(CN2CCCCC2)C1.I. The van der Waals surface area contributed by atoms with E-state index < -0.39 is 11.9 Å². The van der Waals surface area contributed by atoms with Crippen LogP contribution in [0.15, 0.2) is 10.4 Å². The number of likely N-dealkylation sites (tertiary alicyclic amines) is 2. The number of hydrogen-bond donors (Lipinski definition) is 1. The Hall–Kier alpha value is -0.620. The zero-order chi connectivity index (χ0) is 20.0. The van der Waals surface area contributed by atoms with E-state index in [2.05, 4.69) is 25.1 Å². The average molecular weight is 545 g/mol. The first-order chi connectivity index (χ1) is 13.5. The lowest BCUT2D eigenvalue weighted by molar-refractivity contribution is -0.140. The highest BCUT2D eigenvalue weighted by Gasteiger charge is 2.33. The summed E-state index contributed by atoms with van der Waals surface area (Å²) in [6.45, 7) is 8.85. The van der Waals surface area contributed by atoms with E-state index in [9.17, 15) is 13.2 Å². The van der Waals surface area contributed by atoms with Gasteiger partial charge in [0.15, 0.2) is 11.7 Å². The molecule has 1 N–H and O–H groups in total. The number of halogens is 4. The first-order valence-corrected chi connectivity index (χ1v) is 11.1. The second kappa shape index (κ2) is 11.7. The van der Waals surface area contributed by atoms with Gasteiger partial charge in [0.2, 0.25) is 0 Å². The number of aliphatic imine (C=N–C) groups is 1. The van der Waals surface area contributed by atoms with Crippen molar-refractivity contribution in [3.63, 3.8) is 0 Å². The number of piperidine rings is 1. The molecular formula is C19H31F3IN5S. The van der Waals surface area contributed by atoms with Gasteiger partial charge >= 0.3 is 6.18 Å². The number of hydrogen-bond acceptors (Lipinski definition) is 4. The van der Waals surface area contributed by atoms with Crippen LogP contribution in [0.5, 0.6) is 0 Å². The van der Waals surface area contributed by atoms with Crippen LogP contribution in [0.3, 0.4) is 0 Å². The highest BCUT2D eigenvalue weighted by atomic mass is 127. The van der Waals surface area contributed by atoms with E-state index in [0.717, 1.165) is 48.9 Å². The van der Waals surface area contributed by atoms with E-state index in [1.165, 1.54) is 38.8 Å². The van der Waals surface area contributed by atoms with Gasteiger partial charge in [-0.3, -0.25) is 4.99 Å². The van der Waals surface area contributed by atoms with Crippen LogP contribution in [-0.2, 0) is 12.6 Å². The molecule has 1 aromatic heterocycles. The fraction of sp³-hybridized carbons (Fsp3) is 0.789. The third kappa shape index (κ3) is 7.54. The van der Waals surface area contributed by atoms with Gasteiger partial charge in [-0.15, -0.1) is 35.3 Å². The van der Waals surface area contributed by atoms with Crippen molar-refractivity contribution < 1.29 is 13.2 Å². The Morgan fingerprint density at radius 3 is 2.69 bits per heavy atom. The van der Waals surface area contributed by atoms with Crippen molar-refractivity contribution in [2.75, 3.05) is 45.8 Å². The summed E-state index contributed by atoms with van der Waals surface area (Å²) in [6.07, 6.45) is 1.21. The van der Waals surface area contributed by atoms with E-state index >= 15 is 0 Å². The van der Waals surface area contributed by atoms with E-state index in [4.69, 9.17) is 0 Å². The van der Waals surface area contributed by atoms with Gasteiger partial charge in [-0.2, -0.15) is 13.2 Å². The van der Waals surface area contributed by atoms with E-state index in [-0.39, 0.29) is 24.0 Å². The molecule has 3 heterocycles. The maximum atomic E-state index is 12.7. The van der Waals surface area contributed by atoms with Crippen LogP contribution in [0, 0.1) is 5.92 Å². The number of guanidine groups is 1. The summed E-state index contributed by atoms with van der Waals surface area (Å²) in [7, 11) is 0. The lowest BCUT2D eigenvalue weighted by Gasteiger charge is -2.29. The molecule has 1 aromatic rings. The number of rotatable bonds is 6. The standard InChI is InChI=1S/C19H30F3N5S.HI/c1-2-23-18(24-8-6-17-25-16(14-28-17)19(20,21)22)27-11-7-15(13-27)12-26-9-4-3-5-10-26;/h14-15H,2-13H2,1H3,(H,23,24);1H. The van der Waals surface area contributed by atoms with E-state index in [0.29, 0.717) is 23.9 Å². The molecule has 1 unspecified atom stereocenters. The van der Waals surface area contributed by atoms with Crippen molar-refractivity contribution in [3.05, 3.63) is 16.1 Å². The minimum absolute atomic E-state index is 0. The lowest BCUT2D eigenvalue weighted by atomic mass is 10.1. The molecule has 2 aliphatic heterocycles. The molecule has 5 nitrogen and oxygen atoms in total. The van der Waals surface area contributed by atoms with E-state index in [1.54, 1.807) is 0 Å². The van der Waals surface area contributed by atoms with Gasteiger partial charge in [0, 0.05) is 44.5 Å². The van der Waals surface area contributed by atoms with Crippen molar-refractivity contribution in [1.82, 2.24) is 20.1 Å². The van der Waals surface area contributed by atoms with Crippen molar-refractivity contribution >= 4 is 41.3 Å². The molecule has 10 heteroatoms. The van der Waals surface area contributed by atoms with Crippen molar-refractivity contribution in [2.45, 2.75) is 45.2 Å². The van der Waals surface area contributed by atoms with Gasteiger partial charge in [-0.05, 0) is 45.2 Å². The second-order valence-corrected chi connectivity index (χ2v) is 8.51. The minimum Gasteiger partial charge on any atom is -0.357 e. The molecule has 0 bridgehead atoms. The number of nitrogens with zero attached hydrogens (tertiary/aromatic N) is 4. The molecule has 29 heavy (non-hydrogen) atoms. The molecule has 0 radical (unpaired) electrons. The monoisotopic (exact) mass is 545 g/mol. The summed E-state index contributed by atoms with van der Waals surface area (Å²) < 4.78 is 38.0. The molecule has 2 saturated heterocycles. The van der Waals surface area contributed by atoms with Gasteiger partial charge in [0.25, 0.3) is 0 Å². The summed E-state index contributed by atoms with van der Waals surface area (Å²) in [4.78, 5) is 13.2. The molecular weight excluding hydrogens is 514 g/mol. The minimum atomic E-state index is -4.37. The Balaban J connectivity index is 0.00000300. The van der Waals surface area contributed by atoms with Gasteiger partial charge in [-0.1, -0.05) is 6.42 Å². The smallest absolute Gasteiger partial charge is 0.357 e. The predicted octanol–water partition coefficient (Wildman–Crippen LogP) is 4.10. The van der Waals surface area contributed by atoms with Crippen molar-refractivity contribution in [3.8, 4) is 0 Å². The van der Waals surface area contributed by atoms with Crippen LogP contribution in [0.2, 0.25) is 0 Å². The number of aromatic nitrogens is 1. The Bertz CT molecular complexity index is 646. The molecule has 1 atom stereocenters. The zero-order valence-electron chi connectivity index (χ0n) is 16.9. The predicted molar refractivity (Wildman–Crippen MR) is 122 cm³/mol. The van der Waals surface area contributed by atoms with E-state index in [1.807, 2.05) is 6.92 Å². The molecule has 0 aliphatic carbocycles. The molecule has 166 valence electrons. The number of nitrogens with one attached hydrogen (secondary N) is 1. The van der Waals surface area contributed by atoms with Gasteiger partial charge in [0.1, 0.15) is 0 Å². The summed E-state index contributed by atoms with van der Waals surface area (Å²) in [5.74, 6) is 1.53. The summed E-state index contributed by atoms with van der Waals surface area (Å²) in [5.41, 5.74) is -0.802. The number of thiazole rings is 1. The summed E-state index contributed by atoms with van der Waals surface area (Å²) in [5, 5.41) is 4.89. The third-order valence-electron chi connectivity index (χ3n) is 5.31. The quantitative estimate of drug-likeness (QED) is 0.332. The van der Waals surface area contributed by atoms with Crippen LogP contribution in [-0.4, -0.2) is 66.6 Å². The topological polar surface area (TPSA) is 43.8 Å². The normalized spacial score (nSPS) is 21.3. The maximum Gasteiger partial charge on any atom is 0.434 e. The number of alkyl halides is 3. The first kappa shape index (κ1) is 24.6. The molecule has 0 spiro atoms. The largest absolute Gasteiger partial charge is 0.434 e. The van der Waals surface area contributed by atoms with Crippen molar-refractivity contribution in [2.24, 2.45) is 10.9 Å². The average Bonchev–Trinajstić information content (AvgIpc) is 3.31. The Morgan fingerprint density at radius 1 is 1.28 bits per heavy atom. The van der Waals surface area contributed by atoms with Gasteiger partial charge in [0.05, 0.1) is 5.01 Å². The second-order valence-electron chi connectivity index (χ2n) is 7.57. The molecule has 2 fully saturated rings. The van der Waals surface area contributed by atoms with Crippen LogP contribution >= 0.6 is 35.3 Å². The lowest BCUT2D eigenvalue weighted by Crippen LogP contribution is -2.41. The molecule has 2 aliphatic rings. The summed E-state index contributed by atoms with van der Waals surface area (Å²) in [6, 6.07) is 0. The van der Waals surface area contributed by atoms with Crippen LogP contribution in [0.4, 0.5) is 13.2 Å². The van der Waals surface area contributed by atoms with Crippen molar-refractivity contribution in [1.29, 1.82) is 0 Å². The van der Waals surface area contributed by atoms with Gasteiger partial charge < -0.3 is 15.1 Å². The maximum absolute atomic E-state index is 12.7. The Morgan fingerprint density at radius 2 is 2.03 bits per heavy atom. The highest BCUT2D eigenvalue weighted by Crippen LogP contribution is 2.30. The fourth-order valence-electron chi connectivity index (χ4n) is 3.92. The van der Waals surface area contributed by atoms with Crippen LogP contribution in [0.25, 0.3) is 0 Å². The molecule has 3 rings (SSSR count). The third-order valence-corrected chi connectivity index (χ3v) is 6.22. The molecule has 0 aromatic carbocycles. The highest BCUT2D eigenvalue weighted by molar-refractivity contribution is 14.0. The fourth-order valence-corrected chi connectivity index (χ4v) is 4.71. The molecule has 0 amide bonds. The van der Waals surface area contributed by atoms with Crippen LogP contribution < -0.4 is 5.32 Å². The molecule has 0 saturated carbocycles. The summed E-state index contributed by atoms with van der Waals surface area (Å²) >= 11 is 1.05. The van der Waals surface area contributed by atoms with Gasteiger partial charge in [-0.25, -0.2) is 4.98 Å². The first-order valence-electron chi connectivity index (χ1n) is 10.2.